The second-order valence-electron chi connectivity index (χ2n) is 7.21. The zero-order chi connectivity index (χ0) is 15.0. The fourth-order valence-electron chi connectivity index (χ4n) is 3.89. The van der Waals surface area contributed by atoms with Crippen molar-refractivity contribution >= 4 is 23.2 Å². The number of nitrogens with one attached hydrogen (secondary N) is 1. The van der Waals surface area contributed by atoms with Crippen LogP contribution in [0.15, 0.2) is 18.2 Å². The van der Waals surface area contributed by atoms with Crippen LogP contribution in [0.4, 0.5) is 5.69 Å². The number of carbonyl (C=O) groups is 1. The van der Waals surface area contributed by atoms with Crippen LogP contribution in [0.1, 0.15) is 62.5 Å². The predicted molar refractivity (Wildman–Crippen MR) is 87.7 cm³/mol. The summed E-state index contributed by atoms with van der Waals surface area (Å²) in [5.74, 6) is 0.665. The van der Waals surface area contributed by atoms with E-state index in [0.29, 0.717) is 17.8 Å². The van der Waals surface area contributed by atoms with E-state index in [1.807, 2.05) is 6.07 Å². The van der Waals surface area contributed by atoms with Gasteiger partial charge in [-0.05, 0) is 54.2 Å². The molecule has 1 N–H and O–H groups in total. The van der Waals surface area contributed by atoms with Gasteiger partial charge >= 0.3 is 0 Å². The van der Waals surface area contributed by atoms with Crippen molar-refractivity contribution in [2.75, 3.05) is 5.32 Å². The lowest BCUT2D eigenvalue weighted by atomic mass is 9.78. The molecular formula is C18H24ClNO. The third-order valence-electron chi connectivity index (χ3n) is 5.27. The molecule has 2 nitrogen and oxygen atoms in total. The van der Waals surface area contributed by atoms with Crippen LogP contribution < -0.4 is 5.32 Å². The van der Waals surface area contributed by atoms with Gasteiger partial charge in [-0.25, -0.2) is 0 Å². The lowest BCUT2D eigenvalue weighted by Crippen LogP contribution is -2.21. The minimum Gasteiger partial charge on any atom is -0.326 e. The maximum atomic E-state index is 11.6. The van der Waals surface area contributed by atoms with Crippen LogP contribution in [-0.2, 0) is 11.2 Å². The Morgan fingerprint density at radius 1 is 1.29 bits per heavy atom. The maximum absolute atomic E-state index is 11.6. The van der Waals surface area contributed by atoms with E-state index >= 15 is 0 Å². The standard InChI is InChI=1S/C18H24ClNO/c1-18(2)10-4-6-14(18)17(19)13-8-9-15-12(11-13)5-3-7-16(21)20-15/h8-9,11,14,17H,3-7,10H2,1-2H3,(H,20,21). The maximum Gasteiger partial charge on any atom is 0.224 e. The summed E-state index contributed by atoms with van der Waals surface area (Å²) in [6.07, 6.45) is 6.26. The molecule has 1 saturated carbocycles. The van der Waals surface area contributed by atoms with Gasteiger partial charge in [0.25, 0.3) is 0 Å². The zero-order valence-electron chi connectivity index (χ0n) is 12.9. The number of alkyl halides is 1. The smallest absolute Gasteiger partial charge is 0.224 e. The van der Waals surface area contributed by atoms with E-state index in [4.69, 9.17) is 11.6 Å². The van der Waals surface area contributed by atoms with Crippen LogP contribution in [0.2, 0.25) is 0 Å². The summed E-state index contributed by atoms with van der Waals surface area (Å²) in [6, 6.07) is 6.34. The summed E-state index contributed by atoms with van der Waals surface area (Å²) in [6.45, 7) is 4.67. The number of carbonyl (C=O) groups excluding carboxylic acids is 1. The molecule has 1 aromatic carbocycles. The highest BCUT2D eigenvalue weighted by Gasteiger charge is 2.39. The van der Waals surface area contributed by atoms with Gasteiger partial charge < -0.3 is 5.32 Å². The van der Waals surface area contributed by atoms with Gasteiger partial charge in [-0.15, -0.1) is 11.6 Å². The lowest BCUT2D eigenvalue weighted by molar-refractivity contribution is -0.116. The molecule has 114 valence electrons. The molecule has 1 aliphatic heterocycles. The van der Waals surface area contributed by atoms with E-state index < -0.39 is 0 Å². The highest BCUT2D eigenvalue weighted by molar-refractivity contribution is 6.21. The Kier molecular flexibility index (Phi) is 4.00. The van der Waals surface area contributed by atoms with Gasteiger partial charge in [0.1, 0.15) is 0 Å². The fraction of sp³-hybridized carbons (Fsp3) is 0.611. The molecule has 2 atom stereocenters. The van der Waals surface area contributed by atoms with Gasteiger partial charge in [0.05, 0.1) is 5.38 Å². The van der Waals surface area contributed by atoms with Gasteiger partial charge in [-0.2, -0.15) is 0 Å². The second-order valence-corrected chi connectivity index (χ2v) is 7.68. The summed E-state index contributed by atoms with van der Waals surface area (Å²) in [7, 11) is 0. The van der Waals surface area contributed by atoms with E-state index in [1.165, 1.54) is 30.4 Å². The largest absolute Gasteiger partial charge is 0.326 e. The molecule has 1 aromatic rings. The first-order valence-electron chi connectivity index (χ1n) is 8.04. The summed E-state index contributed by atoms with van der Waals surface area (Å²) < 4.78 is 0. The van der Waals surface area contributed by atoms with Gasteiger partial charge in [-0.3, -0.25) is 4.79 Å². The SMILES string of the molecule is CC1(C)CCCC1C(Cl)c1ccc2c(c1)CCCC(=O)N2. The lowest BCUT2D eigenvalue weighted by Gasteiger charge is -2.31. The molecule has 0 saturated heterocycles. The summed E-state index contributed by atoms with van der Waals surface area (Å²) in [5, 5.41) is 3.07. The van der Waals surface area contributed by atoms with Crippen LogP contribution in [0.3, 0.4) is 0 Å². The number of halogens is 1. The number of rotatable bonds is 2. The molecule has 0 radical (unpaired) electrons. The average molecular weight is 306 g/mol. The van der Waals surface area contributed by atoms with Crippen molar-refractivity contribution in [3.63, 3.8) is 0 Å². The van der Waals surface area contributed by atoms with Gasteiger partial charge in [0.2, 0.25) is 5.91 Å². The van der Waals surface area contributed by atoms with Gasteiger partial charge in [0, 0.05) is 12.1 Å². The van der Waals surface area contributed by atoms with E-state index in [9.17, 15) is 4.79 Å². The minimum absolute atomic E-state index is 0.0757. The third kappa shape index (κ3) is 2.96. The Morgan fingerprint density at radius 2 is 2.10 bits per heavy atom. The second kappa shape index (κ2) is 5.64. The first-order valence-corrected chi connectivity index (χ1v) is 8.48. The van der Waals surface area contributed by atoms with Crippen LogP contribution in [0, 0.1) is 11.3 Å². The van der Waals surface area contributed by atoms with E-state index in [2.05, 4.69) is 31.3 Å². The van der Waals surface area contributed by atoms with Crippen LogP contribution in [0.25, 0.3) is 0 Å². The molecule has 0 bridgehead atoms. The predicted octanol–water partition coefficient (Wildman–Crippen LogP) is 5.07. The van der Waals surface area contributed by atoms with Crippen molar-refractivity contribution in [2.24, 2.45) is 11.3 Å². The third-order valence-corrected chi connectivity index (χ3v) is 5.82. The Bertz CT molecular complexity index is 552. The minimum atomic E-state index is 0.0757. The number of hydrogen-bond acceptors (Lipinski definition) is 1. The molecule has 1 amide bonds. The van der Waals surface area contributed by atoms with Crippen LogP contribution in [-0.4, -0.2) is 5.91 Å². The molecule has 1 fully saturated rings. The Balaban J connectivity index is 1.86. The Labute approximate surface area is 132 Å². The summed E-state index contributed by atoms with van der Waals surface area (Å²) in [4.78, 5) is 11.6. The highest BCUT2D eigenvalue weighted by Crippen LogP contribution is 2.51. The molecule has 2 aliphatic rings. The molecule has 0 spiro atoms. The molecule has 1 aliphatic carbocycles. The van der Waals surface area contributed by atoms with Crippen LogP contribution in [0.5, 0.6) is 0 Å². The Morgan fingerprint density at radius 3 is 2.81 bits per heavy atom. The monoisotopic (exact) mass is 305 g/mol. The van der Waals surface area contributed by atoms with E-state index in [0.717, 1.165) is 18.5 Å². The Hall–Kier alpha value is -1.02. The molecule has 3 heteroatoms. The first-order chi connectivity index (χ1) is 9.97. The van der Waals surface area contributed by atoms with Crippen molar-refractivity contribution in [2.45, 2.75) is 57.7 Å². The van der Waals surface area contributed by atoms with Crippen molar-refractivity contribution in [1.82, 2.24) is 0 Å². The van der Waals surface area contributed by atoms with Gasteiger partial charge in [-0.1, -0.05) is 32.4 Å². The topological polar surface area (TPSA) is 29.1 Å². The molecule has 3 rings (SSSR count). The van der Waals surface area contributed by atoms with Crippen molar-refractivity contribution in [1.29, 1.82) is 0 Å². The summed E-state index contributed by atoms with van der Waals surface area (Å²) >= 11 is 6.82. The molecule has 0 aromatic heterocycles. The van der Waals surface area contributed by atoms with Crippen LogP contribution >= 0.6 is 11.6 Å². The molecule has 21 heavy (non-hydrogen) atoms. The molecular weight excluding hydrogens is 282 g/mol. The first kappa shape index (κ1) is 14.9. The van der Waals surface area contributed by atoms with E-state index in [-0.39, 0.29) is 11.3 Å². The normalized spacial score (nSPS) is 25.9. The number of aryl methyl sites for hydroxylation is 1. The highest BCUT2D eigenvalue weighted by atomic mass is 35.5. The zero-order valence-corrected chi connectivity index (χ0v) is 13.7. The van der Waals surface area contributed by atoms with E-state index in [1.54, 1.807) is 0 Å². The number of amides is 1. The molecule has 2 unspecified atom stereocenters. The van der Waals surface area contributed by atoms with Gasteiger partial charge in [0.15, 0.2) is 0 Å². The number of anilines is 1. The summed E-state index contributed by atoms with van der Waals surface area (Å²) in [5.41, 5.74) is 3.75. The quantitative estimate of drug-likeness (QED) is 0.760. The molecule has 1 heterocycles. The average Bonchev–Trinajstić information content (AvgIpc) is 2.67. The number of fused-ring (bicyclic) bond motifs is 1. The van der Waals surface area contributed by atoms with Crippen molar-refractivity contribution in [3.8, 4) is 0 Å². The van der Waals surface area contributed by atoms with Crippen molar-refractivity contribution < 1.29 is 4.79 Å². The number of benzene rings is 1. The number of hydrogen-bond donors (Lipinski definition) is 1. The fourth-order valence-corrected chi connectivity index (χ4v) is 4.50. The van der Waals surface area contributed by atoms with Crippen molar-refractivity contribution in [3.05, 3.63) is 29.3 Å².